The molecule has 0 saturated carbocycles. The van der Waals surface area contributed by atoms with Crippen molar-refractivity contribution in [3.05, 3.63) is 59.4 Å². The smallest absolute Gasteiger partial charge is 0.259 e. The molecular weight excluding hydrogens is 300 g/mol. The number of nitrogens with one attached hydrogen (secondary N) is 3. The molecule has 0 bridgehead atoms. The molecule has 1 aromatic heterocycles. The molecule has 2 rings (SSSR count). The van der Waals surface area contributed by atoms with Gasteiger partial charge in [0.05, 0.1) is 12.8 Å². The van der Waals surface area contributed by atoms with Crippen LogP contribution >= 0.6 is 0 Å². The third kappa shape index (κ3) is 4.84. The van der Waals surface area contributed by atoms with Crippen LogP contribution in [0.4, 0.5) is 0 Å². The Morgan fingerprint density at radius 2 is 2.17 bits per heavy atom. The third-order valence-corrected chi connectivity index (χ3v) is 3.74. The minimum absolute atomic E-state index is 0.181. The van der Waals surface area contributed by atoms with Crippen molar-refractivity contribution < 1.29 is 4.79 Å². The zero-order valence-electron chi connectivity index (χ0n) is 14.4. The fraction of sp³-hybridized carbons (Fsp3) is 0.263. The maximum Gasteiger partial charge on any atom is 0.259 e. The van der Waals surface area contributed by atoms with Crippen molar-refractivity contribution in [2.75, 3.05) is 6.54 Å². The lowest BCUT2D eigenvalue weighted by atomic mass is 10.1. The number of benzene rings is 1. The number of hydrazone groups is 1. The number of amides is 1. The van der Waals surface area contributed by atoms with Crippen LogP contribution in [0, 0.1) is 0 Å². The van der Waals surface area contributed by atoms with Gasteiger partial charge in [-0.15, -0.1) is 0 Å². The van der Waals surface area contributed by atoms with Crippen molar-refractivity contribution in [2.24, 2.45) is 5.10 Å². The molecule has 3 N–H and O–H groups in total. The molecule has 1 aromatic carbocycles. The molecule has 5 heteroatoms. The van der Waals surface area contributed by atoms with Crippen molar-refractivity contribution in [1.82, 2.24) is 15.7 Å². The first-order valence-corrected chi connectivity index (χ1v) is 8.09. The van der Waals surface area contributed by atoms with Crippen molar-refractivity contribution >= 4 is 23.0 Å². The Morgan fingerprint density at radius 3 is 2.92 bits per heavy atom. The molecule has 0 fully saturated rings. The van der Waals surface area contributed by atoms with Crippen molar-refractivity contribution in [1.29, 1.82) is 0 Å². The predicted octanol–water partition coefficient (Wildman–Crippen LogP) is 3.47. The number of hydrogen-bond acceptors (Lipinski definition) is 3. The second kappa shape index (κ2) is 8.72. The number of allylic oxidation sites excluding steroid dienone is 3. The third-order valence-electron chi connectivity index (χ3n) is 3.74. The van der Waals surface area contributed by atoms with Gasteiger partial charge >= 0.3 is 0 Å². The molecule has 0 atom stereocenters. The Kier molecular flexibility index (Phi) is 6.37. The number of aromatic amines is 1. The summed E-state index contributed by atoms with van der Waals surface area (Å²) >= 11 is 0. The lowest BCUT2D eigenvalue weighted by molar-refractivity contribution is -0.120. The SMILES string of the molecule is C/C=C\C(NCC(=O)N/N=C/c1ccc2[nH]ccc2c1)=C(\C)CC. The number of nitrogens with zero attached hydrogens (tertiary/aromatic N) is 1. The first kappa shape index (κ1) is 17.5. The molecule has 5 nitrogen and oxygen atoms in total. The van der Waals surface area contributed by atoms with Gasteiger partial charge in [0, 0.05) is 17.4 Å². The molecule has 0 aliphatic heterocycles. The second-order valence-corrected chi connectivity index (χ2v) is 5.52. The highest BCUT2D eigenvalue weighted by atomic mass is 16.2. The first-order valence-electron chi connectivity index (χ1n) is 8.09. The minimum atomic E-state index is -0.181. The van der Waals surface area contributed by atoms with Gasteiger partial charge in [0.1, 0.15) is 0 Å². The Hall–Kier alpha value is -2.82. The monoisotopic (exact) mass is 324 g/mol. The summed E-state index contributed by atoms with van der Waals surface area (Å²) in [6, 6.07) is 7.95. The number of fused-ring (bicyclic) bond motifs is 1. The molecule has 126 valence electrons. The molecule has 0 saturated heterocycles. The lowest BCUT2D eigenvalue weighted by Crippen LogP contribution is -2.30. The largest absolute Gasteiger partial charge is 0.376 e. The summed E-state index contributed by atoms with van der Waals surface area (Å²) in [7, 11) is 0. The van der Waals surface area contributed by atoms with Crippen LogP contribution in [0.25, 0.3) is 10.9 Å². The molecule has 1 amide bonds. The molecule has 0 aliphatic carbocycles. The molecule has 0 aliphatic rings. The van der Waals surface area contributed by atoms with E-state index in [4.69, 9.17) is 0 Å². The first-order chi connectivity index (χ1) is 11.6. The highest BCUT2D eigenvalue weighted by Gasteiger charge is 2.02. The molecule has 0 unspecified atom stereocenters. The minimum Gasteiger partial charge on any atom is -0.376 e. The fourth-order valence-corrected chi connectivity index (χ4v) is 2.26. The molecule has 0 spiro atoms. The Labute approximate surface area is 142 Å². The van der Waals surface area contributed by atoms with E-state index in [1.807, 2.05) is 49.5 Å². The van der Waals surface area contributed by atoms with E-state index >= 15 is 0 Å². The summed E-state index contributed by atoms with van der Waals surface area (Å²) in [6.07, 6.45) is 8.40. The Morgan fingerprint density at radius 1 is 1.33 bits per heavy atom. The maximum absolute atomic E-state index is 11.9. The van der Waals surface area contributed by atoms with Crippen LogP contribution in [0.5, 0.6) is 0 Å². The van der Waals surface area contributed by atoms with Crippen LogP contribution in [-0.2, 0) is 4.79 Å². The highest BCUT2D eigenvalue weighted by molar-refractivity contribution is 5.89. The van der Waals surface area contributed by atoms with E-state index in [0.29, 0.717) is 0 Å². The van der Waals surface area contributed by atoms with Gasteiger partial charge in [-0.1, -0.05) is 24.6 Å². The average molecular weight is 324 g/mol. The van der Waals surface area contributed by atoms with E-state index in [1.165, 1.54) is 5.57 Å². The Balaban J connectivity index is 1.88. The summed E-state index contributed by atoms with van der Waals surface area (Å²) < 4.78 is 0. The van der Waals surface area contributed by atoms with Gasteiger partial charge in [-0.25, -0.2) is 5.43 Å². The second-order valence-electron chi connectivity index (χ2n) is 5.52. The zero-order chi connectivity index (χ0) is 17.4. The van der Waals surface area contributed by atoms with E-state index in [-0.39, 0.29) is 12.5 Å². The molecule has 0 radical (unpaired) electrons. The van der Waals surface area contributed by atoms with Gasteiger partial charge in [0.15, 0.2) is 0 Å². The van der Waals surface area contributed by atoms with Crippen LogP contribution in [-0.4, -0.2) is 23.7 Å². The zero-order valence-corrected chi connectivity index (χ0v) is 14.4. The van der Waals surface area contributed by atoms with E-state index < -0.39 is 0 Å². The van der Waals surface area contributed by atoms with E-state index in [2.05, 4.69) is 34.7 Å². The van der Waals surface area contributed by atoms with Crippen molar-refractivity contribution in [3.8, 4) is 0 Å². The number of carbonyl (C=O) groups is 1. The average Bonchev–Trinajstić information content (AvgIpc) is 3.05. The number of hydrogen-bond donors (Lipinski definition) is 3. The summed E-state index contributed by atoms with van der Waals surface area (Å²) in [6.45, 7) is 6.28. The van der Waals surface area contributed by atoms with E-state index in [9.17, 15) is 4.79 Å². The maximum atomic E-state index is 11.9. The normalized spacial score (nSPS) is 12.8. The van der Waals surface area contributed by atoms with Gasteiger partial charge < -0.3 is 10.3 Å². The molecule has 1 heterocycles. The molecular formula is C19H24N4O. The van der Waals surface area contributed by atoms with Gasteiger partial charge in [-0.3, -0.25) is 4.79 Å². The highest BCUT2D eigenvalue weighted by Crippen LogP contribution is 2.12. The fourth-order valence-electron chi connectivity index (χ4n) is 2.26. The van der Waals surface area contributed by atoms with E-state index in [1.54, 1.807) is 6.21 Å². The summed E-state index contributed by atoms with van der Waals surface area (Å²) in [4.78, 5) is 15.0. The Bertz CT molecular complexity index is 784. The van der Waals surface area contributed by atoms with Crippen LogP contribution < -0.4 is 10.7 Å². The van der Waals surface area contributed by atoms with Crippen LogP contribution in [0.1, 0.15) is 32.8 Å². The van der Waals surface area contributed by atoms with Crippen LogP contribution in [0.2, 0.25) is 0 Å². The topological polar surface area (TPSA) is 69.3 Å². The van der Waals surface area contributed by atoms with Gasteiger partial charge in [0.25, 0.3) is 5.91 Å². The quantitative estimate of drug-likeness (QED) is 0.415. The lowest BCUT2D eigenvalue weighted by Gasteiger charge is -2.09. The number of carbonyl (C=O) groups excluding carboxylic acids is 1. The summed E-state index contributed by atoms with van der Waals surface area (Å²) in [5, 5.41) is 8.27. The molecule has 24 heavy (non-hydrogen) atoms. The van der Waals surface area contributed by atoms with Crippen molar-refractivity contribution in [2.45, 2.75) is 27.2 Å². The number of aromatic nitrogens is 1. The standard InChI is InChI=1S/C19H24N4O/c1-4-6-17(14(3)5-2)21-13-19(24)23-22-12-15-7-8-18-16(11-15)9-10-20-18/h4,6-12,20-21H,5,13H2,1-3H3,(H,23,24)/b6-4-,17-14+,22-12+. The van der Waals surface area contributed by atoms with Crippen LogP contribution in [0.3, 0.4) is 0 Å². The predicted molar refractivity (Wildman–Crippen MR) is 99.8 cm³/mol. The number of H-pyrrole nitrogens is 1. The van der Waals surface area contributed by atoms with Gasteiger partial charge in [-0.2, -0.15) is 5.10 Å². The number of rotatable bonds is 7. The van der Waals surface area contributed by atoms with Gasteiger partial charge in [0.2, 0.25) is 0 Å². The summed E-state index contributed by atoms with van der Waals surface area (Å²) in [5.41, 5.74) is 6.75. The molecule has 2 aromatic rings. The van der Waals surface area contributed by atoms with E-state index in [0.717, 1.165) is 28.6 Å². The summed E-state index contributed by atoms with van der Waals surface area (Å²) in [5.74, 6) is -0.181. The van der Waals surface area contributed by atoms with Gasteiger partial charge in [-0.05, 0) is 55.5 Å². The van der Waals surface area contributed by atoms with Crippen LogP contribution in [0.15, 0.2) is 59.0 Å². The van der Waals surface area contributed by atoms with Crippen molar-refractivity contribution in [3.63, 3.8) is 0 Å².